The minimum Gasteiger partial charge on any atom is -0.268 e. The van der Waals surface area contributed by atoms with E-state index in [1.54, 1.807) is 10.6 Å². The summed E-state index contributed by atoms with van der Waals surface area (Å²) < 4.78 is 23.9. The molecule has 0 aliphatic rings. The minimum atomic E-state index is -3.50. The number of hydrogen-bond donors (Lipinski definition) is 1. The molecule has 1 atom stereocenters. The standard InChI is InChI=1S/C21H25N3O3S2/c1-3-15(2)16-9-11-17(12-10-16)24-20(25)18-7-4-5-8-19(18)23-21(24)28-13-6-14-29(22,26)27/h4-5,7-12,15H,3,6,13-14H2,1-2H3,(H2,22,26,27). The normalized spacial score (nSPS) is 12.9. The van der Waals surface area contributed by atoms with Gasteiger partial charge in [0.2, 0.25) is 10.0 Å². The summed E-state index contributed by atoms with van der Waals surface area (Å²) in [4.78, 5) is 17.9. The van der Waals surface area contributed by atoms with Crippen LogP contribution in [0.5, 0.6) is 0 Å². The minimum absolute atomic E-state index is 0.0958. The van der Waals surface area contributed by atoms with E-state index in [9.17, 15) is 13.2 Å². The smallest absolute Gasteiger partial charge is 0.266 e. The summed E-state index contributed by atoms with van der Waals surface area (Å²) in [7, 11) is -3.50. The van der Waals surface area contributed by atoms with Gasteiger partial charge in [-0.3, -0.25) is 9.36 Å². The number of thioether (sulfide) groups is 1. The first kappa shape index (κ1) is 21.5. The van der Waals surface area contributed by atoms with Crippen molar-refractivity contribution in [3.8, 4) is 5.69 Å². The molecule has 0 radical (unpaired) electrons. The molecule has 0 fully saturated rings. The summed E-state index contributed by atoms with van der Waals surface area (Å²) >= 11 is 1.36. The lowest BCUT2D eigenvalue weighted by Gasteiger charge is -2.15. The van der Waals surface area contributed by atoms with Crippen molar-refractivity contribution in [1.82, 2.24) is 9.55 Å². The van der Waals surface area contributed by atoms with E-state index < -0.39 is 10.0 Å². The van der Waals surface area contributed by atoms with E-state index >= 15 is 0 Å². The van der Waals surface area contributed by atoms with Crippen LogP contribution in [0.15, 0.2) is 58.5 Å². The van der Waals surface area contributed by atoms with E-state index in [0.29, 0.717) is 34.2 Å². The quantitative estimate of drug-likeness (QED) is 0.334. The summed E-state index contributed by atoms with van der Waals surface area (Å²) in [5, 5.41) is 6.17. The third-order valence-corrected chi connectivity index (χ3v) is 6.76. The van der Waals surface area contributed by atoms with Crippen LogP contribution in [0.4, 0.5) is 0 Å². The van der Waals surface area contributed by atoms with Gasteiger partial charge in [-0.1, -0.05) is 49.9 Å². The Kier molecular flexibility index (Phi) is 6.77. The Balaban J connectivity index is 2.01. The van der Waals surface area contributed by atoms with E-state index in [0.717, 1.165) is 12.1 Å². The van der Waals surface area contributed by atoms with Gasteiger partial charge in [0.25, 0.3) is 5.56 Å². The molecule has 29 heavy (non-hydrogen) atoms. The largest absolute Gasteiger partial charge is 0.268 e. The molecule has 2 N–H and O–H groups in total. The number of para-hydroxylation sites is 1. The number of sulfonamides is 1. The molecule has 6 nitrogen and oxygen atoms in total. The highest BCUT2D eigenvalue weighted by atomic mass is 32.2. The summed E-state index contributed by atoms with van der Waals surface area (Å²) in [6.45, 7) is 4.32. The average Bonchev–Trinajstić information content (AvgIpc) is 2.70. The van der Waals surface area contributed by atoms with Crippen molar-refractivity contribution in [2.45, 2.75) is 37.8 Å². The molecule has 0 spiro atoms. The highest BCUT2D eigenvalue weighted by Gasteiger charge is 2.14. The van der Waals surface area contributed by atoms with Gasteiger partial charge in [0.1, 0.15) is 0 Å². The Morgan fingerprint density at radius 3 is 2.48 bits per heavy atom. The molecule has 0 bridgehead atoms. The molecular weight excluding hydrogens is 406 g/mol. The number of primary sulfonamides is 1. The molecule has 0 aliphatic heterocycles. The van der Waals surface area contributed by atoms with Crippen molar-refractivity contribution >= 4 is 32.7 Å². The van der Waals surface area contributed by atoms with E-state index in [2.05, 4.69) is 18.8 Å². The van der Waals surface area contributed by atoms with Crippen molar-refractivity contribution in [1.29, 1.82) is 0 Å². The Bertz CT molecular complexity index is 1160. The lowest BCUT2D eigenvalue weighted by molar-refractivity contribution is 0.596. The van der Waals surface area contributed by atoms with Crippen molar-refractivity contribution in [3.63, 3.8) is 0 Å². The number of fused-ring (bicyclic) bond motifs is 1. The molecular formula is C21H25N3O3S2. The van der Waals surface area contributed by atoms with Gasteiger partial charge in [-0.25, -0.2) is 18.5 Å². The zero-order valence-electron chi connectivity index (χ0n) is 16.5. The lowest BCUT2D eigenvalue weighted by atomic mass is 9.98. The van der Waals surface area contributed by atoms with Gasteiger partial charge in [0.15, 0.2) is 5.16 Å². The summed E-state index contributed by atoms with van der Waals surface area (Å²) in [5.41, 5.74) is 2.45. The van der Waals surface area contributed by atoms with Crippen LogP contribution < -0.4 is 10.7 Å². The van der Waals surface area contributed by atoms with Crippen LogP contribution in [0, 0.1) is 0 Å². The van der Waals surface area contributed by atoms with Crippen molar-refractivity contribution in [3.05, 3.63) is 64.4 Å². The molecule has 2 aromatic carbocycles. The molecule has 154 valence electrons. The maximum absolute atomic E-state index is 13.2. The molecule has 1 heterocycles. The van der Waals surface area contributed by atoms with Gasteiger partial charge >= 0.3 is 0 Å². The van der Waals surface area contributed by atoms with Gasteiger partial charge < -0.3 is 0 Å². The predicted molar refractivity (Wildman–Crippen MR) is 119 cm³/mol. The highest BCUT2D eigenvalue weighted by molar-refractivity contribution is 7.99. The number of benzene rings is 2. The van der Waals surface area contributed by atoms with E-state index in [-0.39, 0.29) is 11.3 Å². The Morgan fingerprint density at radius 1 is 1.14 bits per heavy atom. The fourth-order valence-corrected chi connectivity index (χ4v) is 4.73. The molecule has 1 unspecified atom stereocenters. The first-order valence-electron chi connectivity index (χ1n) is 9.55. The Hall–Kier alpha value is -2.16. The van der Waals surface area contributed by atoms with Crippen LogP contribution in [-0.2, 0) is 10.0 Å². The van der Waals surface area contributed by atoms with Gasteiger partial charge in [-0.15, -0.1) is 0 Å². The Labute approximate surface area is 175 Å². The van der Waals surface area contributed by atoms with E-state index in [4.69, 9.17) is 5.14 Å². The molecule has 0 amide bonds. The van der Waals surface area contributed by atoms with Crippen LogP contribution >= 0.6 is 11.8 Å². The first-order valence-corrected chi connectivity index (χ1v) is 12.3. The molecule has 3 aromatic rings. The van der Waals surface area contributed by atoms with Gasteiger partial charge in [-0.2, -0.15) is 0 Å². The summed E-state index contributed by atoms with van der Waals surface area (Å²) in [6.07, 6.45) is 1.43. The second-order valence-electron chi connectivity index (χ2n) is 7.02. The molecule has 3 rings (SSSR count). The summed E-state index contributed by atoms with van der Waals surface area (Å²) in [5.74, 6) is 0.843. The van der Waals surface area contributed by atoms with Gasteiger partial charge in [-0.05, 0) is 48.6 Å². The molecule has 1 aromatic heterocycles. The monoisotopic (exact) mass is 431 g/mol. The number of hydrogen-bond acceptors (Lipinski definition) is 5. The second kappa shape index (κ2) is 9.11. The van der Waals surface area contributed by atoms with Crippen molar-refractivity contribution < 1.29 is 8.42 Å². The zero-order valence-corrected chi connectivity index (χ0v) is 18.2. The van der Waals surface area contributed by atoms with Crippen molar-refractivity contribution in [2.24, 2.45) is 5.14 Å². The number of nitrogens with zero attached hydrogens (tertiary/aromatic N) is 2. The van der Waals surface area contributed by atoms with Crippen LogP contribution in [0.1, 0.15) is 38.2 Å². The fraction of sp³-hybridized carbons (Fsp3) is 0.333. The zero-order chi connectivity index (χ0) is 21.0. The fourth-order valence-electron chi connectivity index (χ4n) is 3.05. The molecule has 0 aliphatic carbocycles. The number of nitrogens with two attached hydrogens (primary N) is 1. The van der Waals surface area contributed by atoms with Crippen LogP contribution in [-0.4, -0.2) is 29.5 Å². The first-order chi connectivity index (χ1) is 13.8. The Morgan fingerprint density at radius 2 is 1.83 bits per heavy atom. The third kappa shape index (κ3) is 5.26. The lowest BCUT2D eigenvalue weighted by Crippen LogP contribution is -2.22. The second-order valence-corrected chi connectivity index (χ2v) is 9.82. The van der Waals surface area contributed by atoms with E-state index in [1.807, 2.05) is 42.5 Å². The van der Waals surface area contributed by atoms with Crippen molar-refractivity contribution in [2.75, 3.05) is 11.5 Å². The molecule has 8 heteroatoms. The number of aromatic nitrogens is 2. The average molecular weight is 432 g/mol. The third-order valence-electron chi connectivity index (χ3n) is 4.88. The van der Waals surface area contributed by atoms with E-state index in [1.165, 1.54) is 17.3 Å². The highest BCUT2D eigenvalue weighted by Crippen LogP contribution is 2.24. The van der Waals surface area contributed by atoms with Crippen LogP contribution in [0.25, 0.3) is 16.6 Å². The van der Waals surface area contributed by atoms with Gasteiger partial charge in [0, 0.05) is 5.75 Å². The maximum atomic E-state index is 13.2. The number of rotatable bonds is 8. The maximum Gasteiger partial charge on any atom is 0.266 e. The van der Waals surface area contributed by atoms with Crippen LogP contribution in [0.3, 0.4) is 0 Å². The SMILES string of the molecule is CCC(C)c1ccc(-n2c(SCCCS(N)(=O)=O)nc3ccccc3c2=O)cc1. The van der Waals surface area contributed by atoms with Gasteiger partial charge in [0.05, 0.1) is 22.3 Å². The molecule has 0 saturated heterocycles. The summed E-state index contributed by atoms with van der Waals surface area (Å²) in [6, 6.07) is 15.2. The topological polar surface area (TPSA) is 95.1 Å². The van der Waals surface area contributed by atoms with Crippen LogP contribution in [0.2, 0.25) is 0 Å². The molecule has 0 saturated carbocycles. The predicted octanol–water partition coefficient (Wildman–Crippen LogP) is 3.67.